The third-order valence-electron chi connectivity index (χ3n) is 3.85. The lowest BCUT2D eigenvalue weighted by atomic mass is 10.0. The minimum atomic E-state index is -0.278. The van der Waals surface area contributed by atoms with Gasteiger partial charge >= 0.3 is 0 Å². The van der Waals surface area contributed by atoms with Gasteiger partial charge in [0.25, 0.3) is 5.95 Å². The van der Waals surface area contributed by atoms with E-state index < -0.39 is 0 Å². The van der Waals surface area contributed by atoms with Gasteiger partial charge in [-0.3, -0.25) is 10.3 Å². The molecule has 7 heteroatoms. The Bertz CT molecular complexity index is 945. The summed E-state index contributed by atoms with van der Waals surface area (Å²) in [6, 6.07) is 13.8. The molecule has 1 aliphatic heterocycles. The van der Waals surface area contributed by atoms with E-state index >= 15 is 0 Å². The average molecular weight is 350 g/mol. The fourth-order valence-corrected chi connectivity index (χ4v) is 2.57. The van der Waals surface area contributed by atoms with Crippen molar-refractivity contribution in [2.45, 2.75) is 13.2 Å². The number of para-hydroxylation sites is 1. The predicted octanol–water partition coefficient (Wildman–Crippen LogP) is 3.56. The molecular formula is C19H15FN4O2. The monoisotopic (exact) mass is 350 g/mol. The number of ether oxygens (including phenoxy) is 1. The van der Waals surface area contributed by atoms with Crippen LogP contribution in [0.3, 0.4) is 0 Å². The first-order valence-corrected chi connectivity index (χ1v) is 8.02. The number of fused-ring (bicyclic) bond motifs is 3. The summed E-state index contributed by atoms with van der Waals surface area (Å²) in [5.74, 6) is 0.840. The SMILES string of the molecule is Fc1ccc(CON/C=N\c2ncc3c(n2)-c2ccccc2OC3)cc1. The van der Waals surface area contributed by atoms with E-state index in [1.165, 1.54) is 18.5 Å². The van der Waals surface area contributed by atoms with Gasteiger partial charge in [0.15, 0.2) is 0 Å². The summed E-state index contributed by atoms with van der Waals surface area (Å²) in [5, 5.41) is 0. The summed E-state index contributed by atoms with van der Waals surface area (Å²) in [6.07, 6.45) is 3.08. The van der Waals surface area contributed by atoms with Gasteiger partial charge < -0.3 is 4.74 Å². The van der Waals surface area contributed by atoms with Crippen molar-refractivity contribution >= 4 is 12.3 Å². The van der Waals surface area contributed by atoms with Crippen LogP contribution in [0.25, 0.3) is 11.3 Å². The molecule has 0 spiro atoms. The highest BCUT2D eigenvalue weighted by Gasteiger charge is 2.18. The van der Waals surface area contributed by atoms with Gasteiger partial charge in [0.2, 0.25) is 0 Å². The molecule has 0 fully saturated rings. The molecule has 1 aliphatic rings. The predicted molar refractivity (Wildman–Crippen MR) is 94.3 cm³/mol. The Morgan fingerprint density at radius 2 is 2.04 bits per heavy atom. The number of benzene rings is 2. The zero-order valence-corrected chi connectivity index (χ0v) is 13.7. The summed E-state index contributed by atoms with van der Waals surface area (Å²) in [4.78, 5) is 18.1. The van der Waals surface area contributed by atoms with E-state index in [2.05, 4.69) is 20.4 Å². The van der Waals surface area contributed by atoms with Crippen molar-refractivity contribution in [2.75, 3.05) is 0 Å². The largest absolute Gasteiger partial charge is 0.488 e. The van der Waals surface area contributed by atoms with Crippen molar-refractivity contribution in [3.8, 4) is 17.0 Å². The lowest BCUT2D eigenvalue weighted by Crippen LogP contribution is -2.12. The van der Waals surface area contributed by atoms with Crippen LogP contribution in [0.5, 0.6) is 5.75 Å². The number of aliphatic imine (C=N–C) groups is 1. The van der Waals surface area contributed by atoms with E-state index in [1.807, 2.05) is 24.3 Å². The van der Waals surface area contributed by atoms with E-state index in [0.29, 0.717) is 12.6 Å². The number of nitrogens with zero attached hydrogens (tertiary/aromatic N) is 3. The second-order valence-corrected chi connectivity index (χ2v) is 5.62. The molecule has 0 bridgehead atoms. The van der Waals surface area contributed by atoms with Crippen molar-refractivity contribution in [1.82, 2.24) is 15.4 Å². The van der Waals surface area contributed by atoms with Crippen molar-refractivity contribution in [3.05, 3.63) is 71.7 Å². The molecule has 130 valence electrons. The van der Waals surface area contributed by atoms with Gasteiger partial charge in [-0.05, 0) is 29.8 Å². The van der Waals surface area contributed by atoms with Crippen LogP contribution < -0.4 is 10.2 Å². The van der Waals surface area contributed by atoms with Crippen LogP contribution in [0, 0.1) is 5.82 Å². The zero-order chi connectivity index (χ0) is 17.8. The molecule has 0 amide bonds. The maximum atomic E-state index is 12.8. The highest BCUT2D eigenvalue weighted by Crippen LogP contribution is 2.36. The topological polar surface area (TPSA) is 68.6 Å². The Hall–Kier alpha value is -3.32. The third-order valence-corrected chi connectivity index (χ3v) is 3.85. The normalized spacial score (nSPS) is 12.3. The molecule has 0 atom stereocenters. The molecule has 0 aliphatic carbocycles. The summed E-state index contributed by atoms with van der Waals surface area (Å²) in [5.41, 5.74) is 6.11. The summed E-state index contributed by atoms with van der Waals surface area (Å²) in [6.45, 7) is 0.720. The number of halogens is 1. The van der Waals surface area contributed by atoms with Crippen LogP contribution in [0.4, 0.5) is 10.3 Å². The fraction of sp³-hybridized carbons (Fsp3) is 0.105. The Labute approximate surface area is 149 Å². The van der Waals surface area contributed by atoms with Crippen LogP contribution in [0.1, 0.15) is 11.1 Å². The summed E-state index contributed by atoms with van der Waals surface area (Å²) >= 11 is 0. The van der Waals surface area contributed by atoms with Gasteiger partial charge in [-0.2, -0.15) is 4.99 Å². The lowest BCUT2D eigenvalue weighted by Gasteiger charge is -2.19. The van der Waals surface area contributed by atoms with Crippen LogP contribution in [-0.2, 0) is 18.1 Å². The smallest absolute Gasteiger partial charge is 0.251 e. The molecule has 2 aromatic carbocycles. The van der Waals surface area contributed by atoms with Gasteiger partial charge in [-0.1, -0.05) is 24.3 Å². The quantitative estimate of drug-likeness (QED) is 0.330. The number of hydrogen-bond donors (Lipinski definition) is 1. The number of hydroxylamine groups is 1. The zero-order valence-electron chi connectivity index (χ0n) is 13.7. The minimum Gasteiger partial charge on any atom is -0.488 e. The summed E-state index contributed by atoms with van der Waals surface area (Å²) < 4.78 is 18.5. The highest BCUT2D eigenvalue weighted by atomic mass is 19.1. The van der Waals surface area contributed by atoms with Crippen molar-refractivity contribution in [2.24, 2.45) is 4.99 Å². The molecule has 0 radical (unpaired) electrons. The molecule has 1 N–H and O–H groups in total. The van der Waals surface area contributed by atoms with E-state index in [4.69, 9.17) is 9.57 Å². The second kappa shape index (κ2) is 7.28. The molecule has 0 saturated heterocycles. The van der Waals surface area contributed by atoms with Crippen LogP contribution in [0.2, 0.25) is 0 Å². The molecular weight excluding hydrogens is 335 g/mol. The van der Waals surface area contributed by atoms with Crippen LogP contribution in [-0.4, -0.2) is 16.3 Å². The van der Waals surface area contributed by atoms with Crippen molar-refractivity contribution in [3.63, 3.8) is 0 Å². The Balaban J connectivity index is 1.40. The van der Waals surface area contributed by atoms with Gasteiger partial charge in [0.05, 0.1) is 12.3 Å². The van der Waals surface area contributed by atoms with Gasteiger partial charge in [-0.15, -0.1) is 0 Å². The van der Waals surface area contributed by atoms with Crippen LogP contribution in [0.15, 0.2) is 59.7 Å². The maximum absolute atomic E-state index is 12.8. The fourth-order valence-electron chi connectivity index (χ4n) is 2.57. The first kappa shape index (κ1) is 16.2. The lowest BCUT2D eigenvalue weighted by molar-refractivity contribution is 0.0745. The first-order valence-electron chi connectivity index (χ1n) is 8.02. The molecule has 0 unspecified atom stereocenters. The standard InChI is InChI=1S/C19H15FN4O2/c20-15-7-5-13(6-8-15)10-26-23-12-22-19-21-9-14-11-25-17-4-2-1-3-16(17)18(14)24-19/h1-9,12H,10-11H2,(H,21,22,23,24). The maximum Gasteiger partial charge on any atom is 0.251 e. The van der Waals surface area contributed by atoms with Crippen LogP contribution >= 0.6 is 0 Å². The molecule has 3 aromatic rings. The van der Waals surface area contributed by atoms with E-state index in [-0.39, 0.29) is 12.4 Å². The first-order chi connectivity index (χ1) is 12.8. The Kier molecular flexibility index (Phi) is 4.53. The molecule has 0 saturated carbocycles. The van der Waals surface area contributed by atoms with Crippen molar-refractivity contribution < 1.29 is 14.0 Å². The highest BCUT2D eigenvalue weighted by molar-refractivity contribution is 5.72. The third kappa shape index (κ3) is 3.52. The van der Waals surface area contributed by atoms with Gasteiger partial charge in [0, 0.05) is 17.3 Å². The molecule has 2 heterocycles. The van der Waals surface area contributed by atoms with Gasteiger partial charge in [0.1, 0.15) is 24.5 Å². The molecule has 1 aromatic heterocycles. The number of aromatic nitrogens is 2. The molecule has 6 nitrogen and oxygen atoms in total. The van der Waals surface area contributed by atoms with E-state index in [0.717, 1.165) is 28.1 Å². The van der Waals surface area contributed by atoms with E-state index in [9.17, 15) is 4.39 Å². The summed E-state index contributed by atoms with van der Waals surface area (Å²) in [7, 11) is 0. The molecule has 26 heavy (non-hydrogen) atoms. The number of rotatable bonds is 5. The Morgan fingerprint density at radius 1 is 1.19 bits per heavy atom. The van der Waals surface area contributed by atoms with E-state index in [1.54, 1.807) is 18.3 Å². The number of hydrogen-bond acceptors (Lipinski definition) is 5. The second-order valence-electron chi connectivity index (χ2n) is 5.62. The molecule has 4 rings (SSSR count). The number of nitrogens with one attached hydrogen (secondary N) is 1. The van der Waals surface area contributed by atoms with Gasteiger partial charge in [-0.25, -0.2) is 14.4 Å². The minimum absolute atomic E-state index is 0.278. The van der Waals surface area contributed by atoms with Crippen molar-refractivity contribution in [1.29, 1.82) is 0 Å². The average Bonchev–Trinajstić information content (AvgIpc) is 2.69. The Morgan fingerprint density at radius 3 is 2.92 bits per heavy atom.